The van der Waals surface area contributed by atoms with E-state index in [9.17, 15) is 5.21 Å². The Bertz CT molecular complexity index is 789. The number of rotatable bonds is 3. The number of hydrogen-bond acceptors (Lipinski definition) is 6. The minimum absolute atomic E-state index is 0.0931. The minimum atomic E-state index is -0.0931. The van der Waals surface area contributed by atoms with Gasteiger partial charge in [0, 0.05) is 24.3 Å². The molecule has 1 heterocycles. The first-order chi connectivity index (χ1) is 10.0. The lowest BCUT2D eigenvalue weighted by atomic mass is 10.3. The van der Waals surface area contributed by atoms with Gasteiger partial charge in [-0.2, -0.15) is 15.3 Å². The van der Waals surface area contributed by atoms with E-state index in [1.54, 1.807) is 31.3 Å². The van der Waals surface area contributed by atoms with Crippen LogP contribution in [0.15, 0.2) is 36.2 Å². The zero-order valence-corrected chi connectivity index (χ0v) is 11.7. The molecular weight excluding hydrogens is 292 g/mol. The molecule has 21 heavy (non-hydrogen) atoms. The molecule has 0 bridgehead atoms. The topological polar surface area (TPSA) is 103 Å². The van der Waals surface area contributed by atoms with Crippen molar-refractivity contribution < 1.29 is 4.73 Å². The molecule has 0 saturated heterocycles. The average Bonchev–Trinajstić information content (AvgIpc) is 2.48. The molecule has 0 radical (unpaired) electrons. The van der Waals surface area contributed by atoms with Crippen LogP contribution in [-0.4, -0.2) is 12.0 Å². The van der Waals surface area contributed by atoms with Gasteiger partial charge in [-0.1, -0.05) is 11.6 Å². The van der Waals surface area contributed by atoms with Gasteiger partial charge in [-0.05, 0) is 12.1 Å². The fourth-order valence-electron chi connectivity index (χ4n) is 1.57. The summed E-state index contributed by atoms with van der Waals surface area (Å²) in [5.74, 6) is 0.325. The maximum Gasteiger partial charge on any atom is 0.244 e. The summed E-state index contributed by atoms with van der Waals surface area (Å²) in [6, 6.07) is 8.23. The molecule has 7 nitrogen and oxygen atoms in total. The Morgan fingerprint density at radius 1 is 1.48 bits per heavy atom. The maximum absolute atomic E-state index is 12.0. The van der Waals surface area contributed by atoms with Crippen LogP contribution in [0.3, 0.4) is 0 Å². The van der Waals surface area contributed by atoms with Gasteiger partial charge in [-0.15, -0.1) is 0 Å². The van der Waals surface area contributed by atoms with Crippen LogP contribution in [0.25, 0.3) is 11.0 Å². The van der Waals surface area contributed by atoms with Crippen molar-refractivity contribution in [3.63, 3.8) is 0 Å². The summed E-state index contributed by atoms with van der Waals surface area (Å²) in [6.07, 6.45) is 2.49. The first-order valence-electron chi connectivity index (χ1n) is 5.75. The van der Waals surface area contributed by atoms with Gasteiger partial charge in [0.25, 0.3) is 0 Å². The Hall–Kier alpha value is -3.03. The van der Waals surface area contributed by atoms with Crippen molar-refractivity contribution in [2.24, 2.45) is 0 Å². The van der Waals surface area contributed by atoms with E-state index < -0.39 is 0 Å². The molecule has 2 aromatic rings. The van der Waals surface area contributed by atoms with Crippen molar-refractivity contribution >= 4 is 28.5 Å². The molecule has 1 N–H and O–H groups in total. The van der Waals surface area contributed by atoms with Gasteiger partial charge in [0.15, 0.2) is 0 Å². The number of fused-ring (bicyclic) bond motifs is 1. The van der Waals surface area contributed by atoms with Gasteiger partial charge < -0.3 is 10.6 Å². The molecule has 0 aliphatic heterocycles. The van der Waals surface area contributed by atoms with Gasteiger partial charge in [0.05, 0.1) is 0 Å². The van der Waals surface area contributed by atoms with Gasteiger partial charge in [0.2, 0.25) is 17.5 Å². The Labute approximate surface area is 125 Å². The van der Waals surface area contributed by atoms with Crippen LogP contribution in [-0.2, 0) is 0 Å². The third-order valence-corrected chi connectivity index (χ3v) is 2.86. The average molecular weight is 301 g/mol. The third-order valence-electron chi connectivity index (χ3n) is 2.63. The summed E-state index contributed by atoms with van der Waals surface area (Å²) in [5, 5.41) is 31.1. The largest absolute Gasteiger partial charge is 0.618 e. The molecule has 0 atom stereocenters. The van der Waals surface area contributed by atoms with Gasteiger partial charge in [-0.3, -0.25) is 5.01 Å². The lowest BCUT2D eigenvalue weighted by Crippen LogP contribution is -2.35. The summed E-state index contributed by atoms with van der Waals surface area (Å²) < 4.78 is 0.654. The zero-order valence-electron chi connectivity index (χ0n) is 10.9. The molecule has 104 valence electrons. The van der Waals surface area contributed by atoms with Gasteiger partial charge in [0.1, 0.15) is 23.2 Å². The van der Waals surface area contributed by atoms with E-state index in [4.69, 9.17) is 22.1 Å². The van der Waals surface area contributed by atoms with Crippen molar-refractivity contribution in [2.45, 2.75) is 0 Å². The summed E-state index contributed by atoms with van der Waals surface area (Å²) in [7, 11) is 1.60. The highest BCUT2D eigenvalue weighted by atomic mass is 35.5. The van der Waals surface area contributed by atoms with Crippen LogP contribution in [0.2, 0.25) is 5.02 Å². The molecule has 0 unspecified atom stereocenters. The van der Waals surface area contributed by atoms with E-state index in [2.05, 4.69) is 10.4 Å². The molecule has 0 aliphatic rings. The Morgan fingerprint density at radius 2 is 2.19 bits per heavy atom. The number of nitriles is 2. The normalized spacial score (nSPS) is 9.52. The monoisotopic (exact) mass is 300 g/mol. The van der Waals surface area contributed by atoms with Crippen LogP contribution < -0.4 is 15.2 Å². The number of benzene rings is 1. The second-order valence-electron chi connectivity index (χ2n) is 4.03. The number of nitrogens with zero attached hydrogens (tertiary/aromatic N) is 5. The minimum Gasteiger partial charge on any atom is -0.618 e. The van der Waals surface area contributed by atoms with E-state index in [1.165, 1.54) is 23.5 Å². The van der Waals surface area contributed by atoms with Gasteiger partial charge >= 0.3 is 0 Å². The molecule has 1 aromatic carbocycles. The SMILES string of the molecule is CN(NC=C(C#N)C#N)c1c[n+]([O-])c2cc(Cl)ccc2n1. The highest BCUT2D eigenvalue weighted by Crippen LogP contribution is 2.17. The van der Waals surface area contributed by atoms with Crippen molar-refractivity contribution in [3.8, 4) is 12.1 Å². The molecule has 2 rings (SSSR count). The van der Waals surface area contributed by atoms with Crippen LogP contribution >= 0.6 is 11.6 Å². The number of allylic oxidation sites excluding steroid dienone is 1. The molecule has 0 fully saturated rings. The van der Waals surface area contributed by atoms with Crippen molar-refractivity contribution in [3.05, 3.63) is 46.4 Å². The zero-order chi connectivity index (χ0) is 15.4. The van der Waals surface area contributed by atoms with E-state index in [0.717, 1.165) is 0 Å². The van der Waals surface area contributed by atoms with Crippen LogP contribution in [0.4, 0.5) is 5.82 Å². The van der Waals surface area contributed by atoms with Crippen LogP contribution in [0.1, 0.15) is 0 Å². The Balaban J connectivity index is 2.35. The van der Waals surface area contributed by atoms with E-state index in [0.29, 0.717) is 26.6 Å². The third kappa shape index (κ3) is 3.11. The fraction of sp³-hybridized carbons (Fsp3) is 0.0769. The quantitative estimate of drug-likeness (QED) is 0.398. The highest BCUT2D eigenvalue weighted by molar-refractivity contribution is 6.31. The summed E-state index contributed by atoms with van der Waals surface area (Å²) >= 11 is 5.84. The summed E-state index contributed by atoms with van der Waals surface area (Å²) in [6.45, 7) is 0. The number of aromatic nitrogens is 2. The lowest BCUT2D eigenvalue weighted by molar-refractivity contribution is -0.576. The number of hydrogen-bond donors (Lipinski definition) is 1. The van der Waals surface area contributed by atoms with Gasteiger partial charge in [-0.25, -0.2) is 4.98 Å². The number of nitrogens with one attached hydrogen (secondary N) is 1. The molecule has 0 amide bonds. The summed E-state index contributed by atoms with van der Waals surface area (Å²) in [5.41, 5.74) is 3.43. The van der Waals surface area contributed by atoms with Crippen LogP contribution in [0, 0.1) is 27.9 Å². The van der Waals surface area contributed by atoms with E-state index in [-0.39, 0.29) is 5.57 Å². The lowest BCUT2D eigenvalue weighted by Gasteiger charge is -2.17. The van der Waals surface area contributed by atoms with Crippen molar-refractivity contribution in [2.75, 3.05) is 12.1 Å². The second-order valence-corrected chi connectivity index (χ2v) is 4.46. The van der Waals surface area contributed by atoms with Crippen molar-refractivity contribution in [1.82, 2.24) is 10.4 Å². The molecule has 0 spiro atoms. The standard InChI is InChI=1S/C13H9ClN6O/c1-19(17-7-9(5-15)6-16)13-8-20(21)12-4-10(14)2-3-11(12)18-13/h2-4,7-8,17H,1H3. The van der Waals surface area contributed by atoms with E-state index >= 15 is 0 Å². The van der Waals surface area contributed by atoms with E-state index in [1.807, 2.05) is 0 Å². The highest BCUT2D eigenvalue weighted by Gasteiger charge is 2.12. The first-order valence-corrected chi connectivity index (χ1v) is 6.12. The Morgan fingerprint density at radius 3 is 2.86 bits per heavy atom. The molecule has 8 heteroatoms. The number of halogens is 1. The number of hydrazine groups is 1. The van der Waals surface area contributed by atoms with Crippen molar-refractivity contribution in [1.29, 1.82) is 10.5 Å². The molecule has 0 aliphatic carbocycles. The smallest absolute Gasteiger partial charge is 0.244 e. The summed E-state index contributed by atoms with van der Waals surface area (Å²) in [4.78, 5) is 4.30. The Kier molecular flexibility index (Phi) is 4.07. The predicted molar refractivity (Wildman–Crippen MR) is 76.6 cm³/mol. The number of anilines is 1. The fourth-order valence-corrected chi connectivity index (χ4v) is 1.74. The molecule has 1 aromatic heterocycles. The first kappa shape index (κ1) is 14.4. The molecular formula is C13H9ClN6O. The second kappa shape index (κ2) is 5.95. The predicted octanol–water partition coefficient (Wildman–Crippen LogP) is 1.39. The maximum atomic E-state index is 12.0. The van der Waals surface area contributed by atoms with Crippen LogP contribution in [0.5, 0.6) is 0 Å². The molecule has 0 saturated carbocycles.